The first-order chi connectivity index (χ1) is 8.97. The van der Waals surface area contributed by atoms with Gasteiger partial charge < -0.3 is 10.0 Å². The highest BCUT2D eigenvalue weighted by Gasteiger charge is 2.42. The van der Waals surface area contributed by atoms with E-state index in [1.807, 2.05) is 0 Å². The molecule has 5 heteroatoms. The van der Waals surface area contributed by atoms with Crippen molar-refractivity contribution in [2.24, 2.45) is 10.9 Å². The normalized spacial score (nSPS) is 32.2. The van der Waals surface area contributed by atoms with Crippen LogP contribution in [0.2, 0.25) is 0 Å². The smallest absolute Gasteiger partial charge is 0.309 e. The summed E-state index contributed by atoms with van der Waals surface area (Å²) in [4.78, 5) is 20.1. The van der Waals surface area contributed by atoms with E-state index in [-0.39, 0.29) is 12.0 Å². The minimum absolute atomic E-state index is 0.165. The van der Waals surface area contributed by atoms with Crippen molar-refractivity contribution in [3.63, 3.8) is 0 Å². The van der Waals surface area contributed by atoms with Gasteiger partial charge in [0.2, 0.25) is 0 Å². The maximum absolute atomic E-state index is 10.9. The Labute approximate surface area is 113 Å². The van der Waals surface area contributed by atoms with Crippen LogP contribution in [0.25, 0.3) is 0 Å². The molecule has 0 aliphatic carbocycles. The summed E-state index contributed by atoms with van der Waals surface area (Å²) < 4.78 is 0. The van der Waals surface area contributed by atoms with Gasteiger partial charge in [0.05, 0.1) is 12.0 Å². The van der Waals surface area contributed by atoms with Crippen LogP contribution in [-0.2, 0) is 4.79 Å². The zero-order chi connectivity index (χ0) is 13.7. The first kappa shape index (κ1) is 12.7. The van der Waals surface area contributed by atoms with Crippen molar-refractivity contribution in [1.29, 1.82) is 0 Å². The van der Waals surface area contributed by atoms with Crippen molar-refractivity contribution >= 4 is 11.8 Å². The number of carboxylic acid groups (broad SMARTS) is 1. The highest BCUT2D eigenvalue weighted by atomic mass is 16.4. The molecule has 0 spiro atoms. The van der Waals surface area contributed by atoms with Gasteiger partial charge in [0, 0.05) is 37.8 Å². The number of rotatable bonds is 2. The molecule has 0 amide bonds. The van der Waals surface area contributed by atoms with E-state index in [4.69, 9.17) is 5.11 Å². The van der Waals surface area contributed by atoms with Gasteiger partial charge in [-0.05, 0) is 26.3 Å². The Bertz CT molecular complexity index is 477. The standard InChI is InChI=1S/C14H21N3O2/c1-8-9(2)15-10(3)17-7-12(4-13(8)17)16-5-11(6-16)14(18)19/h9,11-12H,4-7H2,1-3H3,(H,18,19). The molecule has 0 bridgehead atoms. The van der Waals surface area contributed by atoms with Crippen LogP contribution in [0.5, 0.6) is 0 Å². The number of aliphatic imine (C=N–C) groups is 1. The zero-order valence-electron chi connectivity index (χ0n) is 11.8. The average Bonchev–Trinajstić information content (AvgIpc) is 2.68. The molecule has 3 aliphatic heterocycles. The second kappa shape index (κ2) is 4.34. The van der Waals surface area contributed by atoms with E-state index < -0.39 is 5.97 Å². The third-order valence-electron chi connectivity index (χ3n) is 4.78. The van der Waals surface area contributed by atoms with Crippen molar-refractivity contribution in [2.75, 3.05) is 19.6 Å². The molecule has 3 rings (SSSR count). The Morgan fingerprint density at radius 3 is 2.63 bits per heavy atom. The second-order valence-electron chi connectivity index (χ2n) is 5.94. The van der Waals surface area contributed by atoms with Crippen LogP contribution >= 0.6 is 0 Å². The maximum atomic E-state index is 10.9. The highest BCUT2D eigenvalue weighted by molar-refractivity contribution is 5.83. The molecule has 0 saturated carbocycles. The van der Waals surface area contributed by atoms with Gasteiger partial charge in [0.15, 0.2) is 0 Å². The third kappa shape index (κ3) is 1.96. The molecule has 19 heavy (non-hydrogen) atoms. The van der Waals surface area contributed by atoms with Gasteiger partial charge in [-0.1, -0.05) is 0 Å². The van der Waals surface area contributed by atoms with Crippen LogP contribution in [0.15, 0.2) is 16.3 Å². The molecule has 5 nitrogen and oxygen atoms in total. The number of aliphatic carboxylic acids is 1. The van der Waals surface area contributed by atoms with Gasteiger partial charge in [-0.3, -0.25) is 14.7 Å². The van der Waals surface area contributed by atoms with Gasteiger partial charge in [0.25, 0.3) is 0 Å². The van der Waals surface area contributed by atoms with Crippen LogP contribution < -0.4 is 0 Å². The molecule has 104 valence electrons. The Morgan fingerprint density at radius 2 is 2.00 bits per heavy atom. The van der Waals surface area contributed by atoms with Crippen LogP contribution in [0.3, 0.4) is 0 Å². The number of likely N-dealkylation sites (tertiary alicyclic amines) is 1. The summed E-state index contributed by atoms with van der Waals surface area (Å²) >= 11 is 0. The lowest BCUT2D eigenvalue weighted by molar-refractivity contribution is -0.148. The van der Waals surface area contributed by atoms with Gasteiger partial charge in [-0.2, -0.15) is 0 Å². The molecule has 2 atom stereocenters. The number of carbonyl (C=O) groups is 1. The fourth-order valence-corrected chi connectivity index (χ4v) is 3.32. The number of hydrogen-bond acceptors (Lipinski definition) is 4. The van der Waals surface area contributed by atoms with E-state index in [0.717, 1.165) is 18.8 Å². The van der Waals surface area contributed by atoms with Crippen molar-refractivity contribution in [2.45, 2.75) is 39.3 Å². The van der Waals surface area contributed by atoms with Gasteiger partial charge in [0.1, 0.15) is 5.84 Å². The largest absolute Gasteiger partial charge is 0.481 e. The Hall–Kier alpha value is -1.36. The predicted octanol–water partition coefficient (Wildman–Crippen LogP) is 1.17. The maximum Gasteiger partial charge on any atom is 0.309 e. The molecular weight excluding hydrogens is 242 g/mol. The fraction of sp³-hybridized carbons (Fsp3) is 0.714. The summed E-state index contributed by atoms with van der Waals surface area (Å²) in [5.74, 6) is 0.279. The molecule has 0 aromatic heterocycles. The van der Waals surface area contributed by atoms with E-state index in [9.17, 15) is 4.79 Å². The molecular formula is C14H21N3O2. The van der Waals surface area contributed by atoms with E-state index in [1.165, 1.54) is 11.3 Å². The lowest BCUT2D eigenvalue weighted by Crippen LogP contribution is -2.55. The van der Waals surface area contributed by atoms with E-state index >= 15 is 0 Å². The first-order valence-electron chi connectivity index (χ1n) is 6.95. The second-order valence-corrected chi connectivity index (χ2v) is 5.94. The molecule has 0 radical (unpaired) electrons. The summed E-state index contributed by atoms with van der Waals surface area (Å²) in [5, 5.41) is 8.95. The topological polar surface area (TPSA) is 56.1 Å². The van der Waals surface area contributed by atoms with Crippen LogP contribution in [0.4, 0.5) is 0 Å². The van der Waals surface area contributed by atoms with Crippen molar-refractivity contribution in [1.82, 2.24) is 9.80 Å². The molecule has 0 aromatic rings. The Morgan fingerprint density at radius 1 is 1.32 bits per heavy atom. The number of carboxylic acids is 1. The number of amidine groups is 1. The van der Waals surface area contributed by atoms with Crippen molar-refractivity contribution < 1.29 is 9.90 Å². The predicted molar refractivity (Wildman–Crippen MR) is 73.1 cm³/mol. The van der Waals surface area contributed by atoms with Crippen molar-refractivity contribution in [3.05, 3.63) is 11.3 Å². The molecule has 2 unspecified atom stereocenters. The molecule has 3 aliphatic rings. The summed E-state index contributed by atoms with van der Waals surface area (Å²) in [7, 11) is 0. The average molecular weight is 263 g/mol. The lowest BCUT2D eigenvalue weighted by atomic mass is 9.96. The minimum atomic E-state index is -0.659. The van der Waals surface area contributed by atoms with Crippen molar-refractivity contribution in [3.8, 4) is 0 Å². The SMILES string of the molecule is CC1=NC(C)C(C)=C2CC(N3CC(C(=O)O)C3)CN12. The quantitative estimate of drug-likeness (QED) is 0.812. The molecule has 2 fully saturated rings. The fourth-order valence-electron chi connectivity index (χ4n) is 3.32. The zero-order valence-corrected chi connectivity index (χ0v) is 11.8. The summed E-state index contributed by atoms with van der Waals surface area (Å²) in [5.41, 5.74) is 2.77. The molecule has 3 heterocycles. The lowest BCUT2D eigenvalue weighted by Gasteiger charge is -2.40. The van der Waals surface area contributed by atoms with Gasteiger partial charge >= 0.3 is 5.97 Å². The molecule has 0 aromatic carbocycles. The van der Waals surface area contributed by atoms with Crippen LogP contribution in [0.1, 0.15) is 27.2 Å². The summed E-state index contributed by atoms with van der Waals surface area (Å²) in [6, 6.07) is 0.740. The summed E-state index contributed by atoms with van der Waals surface area (Å²) in [6.45, 7) is 8.74. The van der Waals surface area contributed by atoms with E-state index in [0.29, 0.717) is 19.1 Å². The van der Waals surface area contributed by atoms with Gasteiger partial charge in [-0.25, -0.2) is 0 Å². The number of fused-ring (bicyclic) bond motifs is 1. The van der Waals surface area contributed by atoms with Crippen LogP contribution in [0, 0.1) is 5.92 Å². The minimum Gasteiger partial charge on any atom is -0.481 e. The number of nitrogens with zero attached hydrogens (tertiary/aromatic N) is 3. The third-order valence-corrected chi connectivity index (χ3v) is 4.78. The first-order valence-corrected chi connectivity index (χ1v) is 6.95. The van der Waals surface area contributed by atoms with E-state index in [1.54, 1.807) is 0 Å². The van der Waals surface area contributed by atoms with Crippen LogP contribution in [-0.4, -0.2) is 58.4 Å². The Balaban J connectivity index is 1.71. The monoisotopic (exact) mass is 263 g/mol. The van der Waals surface area contributed by atoms with Gasteiger partial charge in [-0.15, -0.1) is 0 Å². The molecule has 1 N–H and O–H groups in total. The number of hydrogen-bond donors (Lipinski definition) is 1. The van der Waals surface area contributed by atoms with E-state index in [2.05, 4.69) is 35.6 Å². The summed E-state index contributed by atoms with van der Waals surface area (Å²) in [6.07, 6.45) is 1.04. The highest BCUT2D eigenvalue weighted by Crippen LogP contribution is 2.35. The molecule has 2 saturated heterocycles. The Kier molecular flexibility index (Phi) is 2.89.